The first-order chi connectivity index (χ1) is 40.2. The molecule has 0 aromatic heterocycles. The molecule has 3 N–H and O–H groups in total. The Morgan fingerprint density at radius 2 is 0.556 bits per heavy atom. The molecule has 0 saturated carbocycles. The lowest BCUT2D eigenvalue weighted by molar-refractivity contribution is -0.123. The van der Waals surface area contributed by atoms with E-state index in [9.17, 15) is 15.0 Å². The maximum absolute atomic E-state index is 12.5. The van der Waals surface area contributed by atoms with Crippen LogP contribution in [0.1, 0.15) is 354 Å². The van der Waals surface area contributed by atoms with Gasteiger partial charge < -0.3 is 15.5 Å². The summed E-state index contributed by atoms with van der Waals surface area (Å²) in [5, 5.41) is 23.3. The molecule has 0 aliphatic rings. The zero-order chi connectivity index (χ0) is 58.4. The van der Waals surface area contributed by atoms with Gasteiger partial charge in [-0.15, -0.1) is 0 Å². The molecule has 468 valence electrons. The first kappa shape index (κ1) is 78.0. The third-order valence-corrected chi connectivity index (χ3v) is 16.0. The fourth-order valence-electron chi connectivity index (χ4n) is 10.7. The average Bonchev–Trinajstić information content (AvgIpc) is 3.47. The van der Waals surface area contributed by atoms with Gasteiger partial charge in [-0.05, 0) is 89.9 Å². The number of amides is 1. The van der Waals surface area contributed by atoms with E-state index < -0.39 is 12.1 Å². The molecular weight excluding hydrogens is 987 g/mol. The van der Waals surface area contributed by atoms with Gasteiger partial charge in [0.05, 0.1) is 18.8 Å². The molecule has 0 spiro atoms. The Morgan fingerprint density at radius 1 is 0.309 bits per heavy atom. The number of carbonyl (C=O) groups is 1. The Bertz CT molecular complexity index is 1510. The maximum Gasteiger partial charge on any atom is 0.220 e. The van der Waals surface area contributed by atoms with Gasteiger partial charge in [-0.3, -0.25) is 4.79 Å². The molecule has 0 bridgehead atoms. The van der Waals surface area contributed by atoms with E-state index in [4.69, 9.17) is 0 Å². The number of hydrogen-bond acceptors (Lipinski definition) is 3. The van der Waals surface area contributed by atoms with E-state index in [1.165, 1.54) is 257 Å². The minimum absolute atomic E-state index is 0.0731. The fraction of sp³-hybridized carbons (Fsp3) is 0.753. The minimum atomic E-state index is -0.870. The van der Waals surface area contributed by atoms with Crippen molar-refractivity contribution in [1.29, 1.82) is 0 Å². The van der Waals surface area contributed by atoms with Gasteiger partial charge in [0.1, 0.15) is 0 Å². The van der Waals surface area contributed by atoms with Crippen LogP contribution in [-0.4, -0.2) is 34.9 Å². The van der Waals surface area contributed by atoms with Crippen LogP contribution in [0.4, 0.5) is 0 Å². The highest BCUT2D eigenvalue weighted by atomic mass is 16.3. The maximum atomic E-state index is 12.5. The van der Waals surface area contributed by atoms with Crippen molar-refractivity contribution in [3.8, 4) is 0 Å². The average molecular weight is 1120 g/mol. The number of carbonyl (C=O) groups excluding carboxylic acids is 1. The van der Waals surface area contributed by atoms with Gasteiger partial charge in [0.2, 0.25) is 5.91 Å². The van der Waals surface area contributed by atoms with Gasteiger partial charge in [-0.1, -0.05) is 367 Å². The number of rotatable bonds is 65. The van der Waals surface area contributed by atoms with Crippen LogP contribution in [0.2, 0.25) is 0 Å². The minimum Gasteiger partial charge on any atom is -0.394 e. The molecule has 0 saturated heterocycles. The van der Waals surface area contributed by atoms with E-state index >= 15 is 0 Å². The SMILES string of the molecule is CC/C=C\C/C=C\C/C=C\C/C=C\C/C=C\C/C=C\C/C=C\CCCCCCCCCCCCCCCCCC(=O)NC(CO)C(O)/C=C/CC/C=C/CCCCCCCCCCCCCCCCCCCCCCCCCCCC. The van der Waals surface area contributed by atoms with Gasteiger partial charge in [0.25, 0.3) is 0 Å². The van der Waals surface area contributed by atoms with Crippen LogP contribution in [0.3, 0.4) is 0 Å². The van der Waals surface area contributed by atoms with E-state index in [1.807, 2.05) is 6.08 Å². The normalized spacial score (nSPS) is 13.4. The standard InChI is InChI=1S/C77H137NO3/c1-3-5-7-9-11-13-15-17-19-21-23-25-27-29-31-33-35-37-38-39-40-41-43-45-47-49-51-53-55-57-59-61-63-65-67-69-71-73-77(81)78-75(74-79)76(80)72-70-68-66-64-62-60-58-56-54-52-50-48-46-44-42-36-34-32-30-28-26-24-22-20-18-16-14-12-10-8-6-4-2/h5,7,11,13,17,19,23,25,29,31,35,37,39-40,62,64,70,72,75-76,79-80H,3-4,6,8-10,12,14-16,18,20-22,24,26-28,30,32-34,36,38,41-61,63,65-69,71,73-74H2,1-2H3,(H,78,81)/b7-5-,13-11-,19-17-,25-23-,31-29-,37-35-,40-39-,64-62+,72-70+. The second-order valence-corrected chi connectivity index (χ2v) is 23.9. The highest BCUT2D eigenvalue weighted by Crippen LogP contribution is 2.18. The molecule has 0 aromatic rings. The third-order valence-electron chi connectivity index (χ3n) is 16.0. The summed E-state index contributed by atoms with van der Waals surface area (Å²) in [4.78, 5) is 12.5. The Labute approximate surface area is 506 Å². The summed E-state index contributed by atoms with van der Waals surface area (Å²) < 4.78 is 0. The molecule has 0 aliphatic carbocycles. The molecule has 81 heavy (non-hydrogen) atoms. The van der Waals surface area contributed by atoms with Crippen molar-refractivity contribution in [1.82, 2.24) is 5.32 Å². The summed E-state index contributed by atoms with van der Waals surface area (Å²) in [6.45, 7) is 4.21. The summed E-state index contributed by atoms with van der Waals surface area (Å²) in [5.41, 5.74) is 0. The van der Waals surface area contributed by atoms with E-state index in [-0.39, 0.29) is 12.5 Å². The van der Waals surface area contributed by atoms with Crippen molar-refractivity contribution in [2.75, 3.05) is 6.61 Å². The van der Waals surface area contributed by atoms with Crippen molar-refractivity contribution < 1.29 is 15.0 Å². The van der Waals surface area contributed by atoms with Crippen LogP contribution in [0.15, 0.2) is 109 Å². The number of hydrogen-bond donors (Lipinski definition) is 3. The molecule has 0 aromatic carbocycles. The summed E-state index contributed by atoms with van der Waals surface area (Å²) in [6.07, 6.45) is 108. The molecule has 0 rings (SSSR count). The van der Waals surface area contributed by atoms with Crippen LogP contribution in [-0.2, 0) is 4.79 Å². The topological polar surface area (TPSA) is 69.6 Å². The van der Waals surface area contributed by atoms with Crippen molar-refractivity contribution in [3.63, 3.8) is 0 Å². The van der Waals surface area contributed by atoms with Crippen LogP contribution in [0.25, 0.3) is 0 Å². The lowest BCUT2D eigenvalue weighted by Gasteiger charge is -2.19. The molecule has 0 heterocycles. The molecule has 4 nitrogen and oxygen atoms in total. The van der Waals surface area contributed by atoms with Crippen LogP contribution in [0, 0.1) is 0 Å². The van der Waals surface area contributed by atoms with E-state index in [0.29, 0.717) is 6.42 Å². The summed E-state index contributed by atoms with van der Waals surface area (Å²) in [5.74, 6) is -0.0731. The monoisotopic (exact) mass is 1120 g/mol. The lowest BCUT2D eigenvalue weighted by atomic mass is 10.0. The largest absolute Gasteiger partial charge is 0.394 e. The van der Waals surface area contributed by atoms with Gasteiger partial charge >= 0.3 is 0 Å². The Hall–Kier alpha value is -2.95. The van der Waals surface area contributed by atoms with Crippen molar-refractivity contribution >= 4 is 5.91 Å². The zero-order valence-corrected chi connectivity index (χ0v) is 54.0. The number of nitrogens with one attached hydrogen (secondary N) is 1. The molecule has 1 amide bonds. The lowest BCUT2D eigenvalue weighted by Crippen LogP contribution is -2.45. The highest BCUT2D eigenvalue weighted by Gasteiger charge is 2.18. The predicted molar refractivity (Wildman–Crippen MR) is 363 cm³/mol. The molecular formula is C77H137NO3. The smallest absolute Gasteiger partial charge is 0.220 e. The van der Waals surface area contributed by atoms with E-state index in [2.05, 4.69) is 116 Å². The van der Waals surface area contributed by atoms with Crippen LogP contribution < -0.4 is 5.32 Å². The fourth-order valence-corrected chi connectivity index (χ4v) is 10.7. The third kappa shape index (κ3) is 67.7. The second kappa shape index (κ2) is 71.3. The zero-order valence-electron chi connectivity index (χ0n) is 54.0. The van der Waals surface area contributed by atoms with Gasteiger partial charge in [0.15, 0.2) is 0 Å². The summed E-state index contributed by atoms with van der Waals surface area (Å²) in [6, 6.07) is -0.647. The number of unbranched alkanes of at least 4 members (excludes halogenated alkanes) is 42. The predicted octanol–water partition coefficient (Wildman–Crippen LogP) is 24.5. The Kier molecular flexibility index (Phi) is 68.7. The van der Waals surface area contributed by atoms with Crippen LogP contribution in [0.5, 0.6) is 0 Å². The van der Waals surface area contributed by atoms with Gasteiger partial charge in [-0.2, -0.15) is 0 Å². The van der Waals surface area contributed by atoms with Gasteiger partial charge in [0, 0.05) is 6.42 Å². The van der Waals surface area contributed by atoms with E-state index in [0.717, 1.165) is 77.0 Å². The quantitative estimate of drug-likeness (QED) is 0.0420. The number of aliphatic hydroxyl groups excluding tert-OH is 2. The Morgan fingerprint density at radius 3 is 0.864 bits per heavy atom. The molecule has 2 unspecified atom stereocenters. The van der Waals surface area contributed by atoms with Crippen LogP contribution >= 0.6 is 0 Å². The molecule has 2 atom stereocenters. The summed E-state index contributed by atoms with van der Waals surface area (Å²) >= 11 is 0. The van der Waals surface area contributed by atoms with Gasteiger partial charge in [-0.25, -0.2) is 0 Å². The van der Waals surface area contributed by atoms with Crippen molar-refractivity contribution in [3.05, 3.63) is 109 Å². The molecule has 0 fully saturated rings. The molecule has 0 aliphatic heterocycles. The van der Waals surface area contributed by atoms with E-state index in [1.54, 1.807) is 6.08 Å². The van der Waals surface area contributed by atoms with Crippen molar-refractivity contribution in [2.45, 2.75) is 366 Å². The second-order valence-electron chi connectivity index (χ2n) is 23.9. The first-order valence-corrected chi connectivity index (χ1v) is 35.6. The highest BCUT2D eigenvalue weighted by molar-refractivity contribution is 5.76. The first-order valence-electron chi connectivity index (χ1n) is 35.6. The summed E-state index contributed by atoms with van der Waals surface area (Å²) in [7, 11) is 0. The number of aliphatic hydroxyl groups is 2. The van der Waals surface area contributed by atoms with Crippen molar-refractivity contribution in [2.24, 2.45) is 0 Å². The number of allylic oxidation sites excluding steroid dienone is 17. The molecule has 4 heteroatoms. The molecule has 0 radical (unpaired) electrons. The Balaban J connectivity index is 3.51.